The van der Waals surface area contributed by atoms with Crippen LogP contribution in [0.3, 0.4) is 0 Å². The van der Waals surface area contributed by atoms with Crippen LogP contribution in [-0.4, -0.2) is 101 Å². The molecule has 0 rings (SSSR count). The summed E-state index contributed by atoms with van der Waals surface area (Å²) < 4.78 is 0. The van der Waals surface area contributed by atoms with Crippen molar-refractivity contribution >= 4 is 0 Å². The second kappa shape index (κ2) is 9.92. The summed E-state index contributed by atoms with van der Waals surface area (Å²) in [6.45, 7) is -9.34. The van der Waals surface area contributed by atoms with E-state index >= 15 is 0 Å². The number of hydrazine groups is 2. The first-order valence-electron chi connectivity index (χ1n) is 7.30. The normalized spacial score (nSPS) is 11.4. The fourth-order valence-electron chi connectivity index (χ4n) is 1.95. The van der Waals surface area contributed by atoms with Gasteiger partial charge in [-0.2, -0.15) is 0 Å². The molecule has 0 spiro atoms. The van der Waals surface area contributed by atoms with Gasteiger partial charge in [-0.05, 0) is 0 Å². The third-order valence-electron chi connectivity index (χ3n) is 3.82. The van der Waals surface area contributed by atoms with Crippen molar-refractivity contribution < 1.29 is 40.0 Å². The molecule has 30 heavy (non-hydrogen) atoms. The van der Waals surface area contributed by atoms with Gasteiger partial charge in [0.05, 0.1) is 0 Å². The monoisotopic (exact) mass is 446 g/mol. The Balaban J connectivity index is 5.74. The van der Waals surface area contributed by atoms with E-state index in [1.165, 1.54) is 0 Å². The molecule has 0 aliphatic heterocycles. The molecule has 0 aliphatic rings. The average molecular weight is 446 g/mol. The van der Waals surface area contributed by atoms with Crippen molar-refractivity contribution in [1.82, 2.24) is 10.0 Å². The third-order valence-corrected chi connectivity index (χ3v) is 3.82. The van der Waals surface area contributed by atoms with Crippen LogP contribution in [0.25, 0.3) is 0 Å². The molecule has 0 atom stereocenters. The summed E-state index contributed by atoms with van der Waals surface area (Å²) in [4.78, 5) is 59.3. The van der Waals surface area contributed by atoms with E-state index in [0.717, 1.165) is 0 Å². The molecule has 0 radical (unpaired) electrons. The lowest BCUT2D eigenvalue weighted by molar-refractivity contribution is -0.813. The van der Waals surface area contributed by atoms with Crippen LogP contribution >= 0.6 is 0 Å². The molecule has 22 nitrogen and oxygen atoms in total. The lowest BCUT2D eigenvalue weighted by Crippen LogP contribution is -2.61. The zero-order valence-corrected chi connectivity index (χ0v) is 14.6. The molecule has 170 valence electrons. The van der Waals surface area contributed by atoms with E-state index in [-0.39, 0.29) is 10.0 Å². The van der Waals surface area contributed by atoms with E-state index in [2.05, 4.69) is 0 Å². The highest BCUT2D eigenvalue weighted by molar-refractivity contribution is 4.72. The van der Waals surface area contributed by atoms with Gasteiger partial charge in [0, 0.05) is 0 Å². The molecule has 0 amide bonds. The molecular weight excluding hydrogens is 432 g/mol. The van der Waals surface area contributed by atoms with Crippen LogP contribution in [0.1, 0.15) is 0 Å². The van der Waals surface area contributed by atoms with Crippen molar-refractivity contribution in [1.29, 1.82) is 0 Å². The molecule has 0 aromatic rings. The molecule has 0 unspecified atom stereocenters. The maximum absolute atomic E-state index is 11.0. The van der Waals surface area contributed by atoms with Crippen LogP contribution in [0, 0.1) is 60.7 Å². The zero-order chi connectivity index (χ0) is 23.9. The van der Waals surface area contributed by atoms with Crippen molar-refractivity contribution in [3.8, 4) is 0 Å². The molecular formula is C8H14N8O14. The van der Waals surface area contributed by atoms with Crippen molar-refractivity contribution in [2.75, 3.05) is 39.4 Å². The summed E-state index contributed by atoms with van der Waals surface area (Å²) in [5, 5.41) is 80.4. The Morgan fingerprint density at radius 3 is 0.933 bits per heavy atom. The smallest absolute Gasteiger partial charge is 0.382 e. The highest BCUT2D eigenvalue weighted by Gasteiger charge is 2.61. The second-order valence-electron chi connectivity index (χ2n) is 5.56. The number of nitrogens with zero attached hydrogens (tertiary/aromatic N) is 8. The van der Waals surface area contributed by atoms with Gasteiger partial charge in [-0.1, -0.05) is 0 Å². The number of nitro groups is 6. The van der Waals surface area contributed by atoms with Crippen LogP contribution < -0.4 is 0 Å². The van der Waals surface area contributed by atoms with E-state index in [0.29, 0.717) is 0 Å². The minimum atomic E-state index is -3.47. The van der Waals surface area contributed by atoms with Gasteiger partial charge in [-0.3, -0.25) is 40.5 Å². The van der Waals surface area contributed by atoms with E-state index in [4.69, 9.17) is 10.2 Å². The van der Waals surface area contributed by atoms with E-state index < -0.39 is 80.5 Å². The lowest BCUT2D eigenvalue weighted by Gasteiger charge is -2.22. The number of hydrogen-bond donors (Lipinski definition) is 2. The summed E-state index contributed by atoms with van der Waals surface area (Å²) in [5.41, 5.74) is -6.94. The Hall–Kier alpha value is -4.08. The minimum absolute atomic E-state index is 0.253. The summed E-state index contributed by atoms with van der Waals surface area (Å²) in [6, 6.07) is 0. The molecule has 0 saturated heterocycles. The van der Waals surface area contributed by atoms with E-state index in [1.54, 1.807) is 0 Å². The fourth-order valence-corrected chi connectivity index (χ4v) is 1.95. The Labute approximate surface area is 162 Å². The summed E-state index contributed by atoms with van der Waals surface area (Å²) in [7, 11) is 0. The predicted molar refractivity (Wildman–Crippen MR) is 84.7 cm³/mol. The zero-order valence-electron chi connectivity index (χ0n) is 14.6. The van der Waals surface area contributed by atoms with Crippen LogP contribution in [0.5, 0.6) is 0 Å². The van der Waals surface area contributed by atoms with Crippen LogP contribution in [-0.2, 0) is 0 Å². The molecule has 0 aromatic heterocycles. The van der Waals surface area contributed by atoms with Gasteiger partial charge in [-0.25, -0.2) is 20.2 Å². The van der Waals surface area contributed by atoms with Gasteiger partial charge >= 0.3 is 11.3 Å². The van der Waals surface area contributed by atoms with Gasteiger partial charge in [0.15, 0.2) is 23.3 Å². The molecule has 0 bridgehead atoms. The topological polar surface area (TPSA) is 306 Å². The molecule has 0 saturated carbocycles. The Bertz CT molecular complexity index is 639. The predicted octanol–water partition coefficient (Wildman–Crippen LogP) is -3.54. The summed E-state index contributed by atoms with van der Waals surface area (Å²) in [6.07, 6.45) is 0. The quantitative estimate of drug-likeness (QED) is 0.140. The van der Waals surface area contributed by atoms with E-state index in [9.17, 15) is 60.7 Å². The van der Waals surface area contributed by atoms with Gasteiger partial charge in [0.2, 0.25) is 13.1 Å². The first-order chi connectivity index (χ1) is 13.7. The fraction of sp³-hybridized carbons (Fsp3) is 1.00. The van der Waals surface area contributed by atoms with Crippen LogP contribution in [0.15, 0.2) is 0 Å². The Morgan fingerprint density at radius 2 is 0.800 bits per heavy atom. The van der Waals surface area contributed by atoms with Gasteiger partial charge in [0.25, 0.3) is 0 Å². The maximum Gasteiger partial charge on any atom is 0.502 e. The lowest BCUT2D eigenvalue weighted by atomic mass is 10.2. The first kappa shape index (κ1) is 25.9. The summed E-state index contributed by atoms with van der Waals surface area (Å²) in [5.74, 6) is 0. The Morgan fingerprint density at radius 1 is 0.567 bits per heavy atom. The number of hydrogen-bond acceptors (Lipinski definition) is 14. The molecule has 0 aromatic carbocycles. The van der Waals surface area contributed by atoms with Crippen molar-refractivity contribution in [2.45, 2.75) is 11.3 Å². The summed E-state index contributed by atoms with van der Waals surface area (Å²) >= 11 is 0. The van der Waals surface area contributed by atoms with Crippen molar-refractivity contribution in [2.24, 2.45) is 0 Å². The molecule has 2 N–H and O–H groups in total. The van der Waals surface area contributed by atoms with Crippen LogP contribution in [0.2, 0.25) is 0 Å². The van der Waals surface area contributed by atoms with Gasteiger partial charge < -0.3 is 10.2 Å². The third kappa shape index (κ3) is 5.25. The largest absolute Gasteiger partial charge is 0.502 e. The molecule has 0 heterocycles. The van der Waals surface area contributed by atoms with E-state index in [1.807, 2.05) is 0 Å². The second-order valence-corrected chi connectivity index (χ2v) is 5.56. The molecule has 22 heteroatoms. The van der Waals surface area contributed by atoms with Crippen molar-refractivity contribution in [3.05, 3.63) is 60.7 Å². The maximum atomic E-state index is 11.0. The number of rotatable bonds is 15. The Kier molecular flexibility index (Phi) is 8.57. The van der Waals surface area contributed by atoms with Gasteiger partial charge in [-0.15, -0.1) is 10.0 Å². The number of aliphatic hydroxyl groups is 2. The van der Waals surface area contributed by atoms with Crippen molar-refractivity contribution in [3.63, 3.8) is 0 Å². The SMILES string of the molecule is O=[N+]([O-])N(CCN(CC(CO)([N+](=O)[O-])[N+](=O)[O-])[N+](=O)[O-])CC(CO)([N+](=O)[O-])[N+](=O)[O-]. The van der Waals surface area contributed by atoms with Crippen LogP contribution in [0.4, 0.5) is 0 Å². The number of aliphatic hydroxyl groups excluding tert-OH is 2. The minimum Gasteiger partial charge on any atom is -0.382 e. The van der Waals surface area contributed by atoms with Gasteiger partial charge in [0.1, 0.15) is 32.8 Å². The average Bonchev–Trinajstić information content (AvgIpc) is 2.62. The molecule has 0 fully saturated rings. The molecule has 0 aliphatic carbocycles. The standard InChI is InChI=1S/C8H14N8O14/c17-5-7(11(19)20,12(21)22)3-9(15(27)28)1-2-10(16(29)30)4-8(6-18,13(23)24)14(25)26/h17-18H,1-6H2. The highest BCUT2D eigenvalue weighted by Crippen LogP contribution is 2.15. The highest BCUT2D eigenvalue weighted by atomic mass is 16.7. The first-order valence-corrected chi connectivity index (χ1v) is 7.30.